The highest BCUT2D eigenvalue weighted by atomic mass is 16.6. The molecule has 1 aromatic heterocycles. The molecule has 2 aliphatic rings. The summed E-state index contributed by atoms with van der Waals surface area (Å²) >= 11 is 0. The van der Waals surface area contributed by atoms with E-state index in [0.29, 0.717) is 38.2 Å². The number of nitro benzene ring substituents is 1. The number of aromatic nitrogens is 1. The van der Waals surface area contributed by atoms with Crippen molar-refractivity contribution < 1.29 is 19.2 Å². The monoisotopic (exact) mass is 490 g/mol. The van der Waals surface area contributed by atoms with Gasteiger partial charge in [0.05, 0.1) is 17.5 Å². The molecule has 3 heterocycles. The maximum atomic E-state index is 13.7. The van der Waals surface area contributed by atoms with Crippen LogP contribution >= 0.6 is 0 Å². The Hall–Kier alpha value is -3.72. The molecule has 3 aromatic rings. The highest BCUT2D eigenvalue weighted by Gasteiger charge is 2.48. The normalized spacial score (nSPS) is 19.5. The van der Waals surface area contributed by atoms with Crippen LogP contribution in [-0.4, -0.2) is 63.9 Å². The van der Waals surface area contributed by atoms with Crippen LogP contribution in [0.1, 0.15) is 49.0 Å². The highest BCUT2D eigenvalue weighted by Crippen LogP contribution is 2.43. The number of unbranched alkanes of at least 4 members (excludes halogenated alkanes) is 1. The molecule has 2 atom stereocenters. The predicted molar refractivity (Wildman–Crippen MR) is 135 cm³/mol. The molecule has 0 aliphatic carbocycles. The second kappa shape index (κ2) is 10.1. The van der Waals surface area contributed by atoms with Crippen molar-refractivity contribution in [3.63, 3.8) is 0 Å². The molecule has 2 aromatic carbocycles. The lowest BCUT2D eigenvalue weighted by atomic mass is 9.86. The minimum absolute atomic E-state index is 0.00865. The van der Waals surface area contributed by atoms with E-state index in [-0.39, 0.29) is 24.0 Å². The fraction of sp³-hybridized carbons (Fsp3) is 0.407. The molecule has 188 valence electrons. The summed E-state index contributed by atoms with van der Waals surface area (Å²) in [5.74, 6) is -0.248. The van der Waals surface area contributed by atoms with E-state index in [1.807, 2.05) is 24.3 Å². The average molecular weight is 491 g/mol. The van der Waals surface area contributed by atoms with Gasteiger partial charge in [-0.1, -0.05) is 43.7 Å². The van der Waals surface area contributed by atoms with Gasteiger partial charge in [-0.2, -0.15) is 0 Å². The lowest BCUT2D eigenvalue weighted by Crippen LogP contribution is -2.63. The summed E-state index contributed by atoms with van der Waals surface area (Å²) < 4.78 is 5.63. The Morgan fingerprint density at radius 1 is 1.11 bits per heavy atom. The number of carbonyl (C=O) groups excluding carboxylic acids is 2. The summed E-state index contributed by atoms with van der Waals surface area (Å²) in [6, 6.07) is 12.9. The molecule has 0 radical (unpaired) electrons. The number of piperazine rings is 1. The highest BCUT2D eigenvalue weighted by molar-refractivity contribution is 5.97. The minimum atomic E-state index is -0.664. The average Bonchev–Trinajstić information content (AvgIpc) is 3.26. The fourth-order valence-corrected chi connectivity index (χ4v) is 5.37. The van der Waals surface area contributed by atoms with E-state index < -0.39 is 17.0 Å². The zero-order chi connectivity index (χ0) is 25.2. The van der Waals surface area contributed by atoms with Crippen LogP contribution in [-0.2, 0) is 20.7 Å². The first-order valence-corrected chi connectivity index (χ1v) is 12.5. The number of para-hydroxylation sites is 1. The molecule has 0 bridgehead atoms. The molecule has 0 saturated carbocycles. The van der Waals surface area contributed by atoms with Crippen molar-refractivity contribution in [3.8, 4) is 0 Å². The third kappa shape index (κ3) is 4.35. The number of carbonyl (C=O) groups is 2. The number of amides is 2. The second-order valence-electron chi connectivity index (χ2n) is 9.42. The van der Waals surface area contributed by atoms with Gasteiger partial charge in [-0.3, -0.25) is 19.7 Å². The number of fused-ring (bicyclic) bond motifs is 4. The van der Waals surface area contributed by atoms with Crippen molar-refractivity contribution in [1.29, 1.82) is 0 Å². The molecule has 0 unspecified atom stereocenters. The summed E-state index contributed by atoms with van der Waals surface area (Å²) in [5, 5.41) is 12.5. The van der Waals surface area contributed by atoms with Crippen LogP contribution in [0.2, 0.25) is 0 Å². The van der Waals surface area contributed by atoms with E-state index in [4.69, 9.17) is 4.74 Å². The zero-order valence-electron chi connectivity index (χ0n) is 20.3. The number of H-pyrrole nitrogens is 1. The number of hydrogen-bond donors (Lipinski definition) is 1. The number of nitrogens with zero attached hydrogens (tertiary/aromatic N) is 3. The molecule has 1 N–H and O–H groups in total. The molecule has 1 fully saturated rings. The number of hydrogen-bond acceptors (Lipinski definition) is 5. The van der Waals surface area contributed by atoms with Crippen molar-refractivity contribution in [1.82, 2.24) is 14.8 Å². The van der Waals surface area contributed by atoms with Gasteiger partial charge >= 0.3 is 0 Å². The second-order valence-corrected chi connectivity index (χ2v) is 9.42. The van der Waals surface area contributed by atoms with Gasteiger partial charge in [0.2, 0.25) is 11.8 Å². The Balaban J connectivity index is 1.49. The third-order valence-corrected chi connectivity index (χ3v) is 7.10. The zero-order valence-corrected chi connectivity index (χ0v) is 20.3. The van der Waals surface area contributed by atoms with Crippen LogP contribution in [0.15, 0.2) is 48.5 Å². The largest absolute Gasteiger partial charge is 0.381 e. The number of ether oxygens (including phenoxy) is 1. The lowest BCUT2D eigenvalue weighted by molar-refractivity contribution is -0.384. The Morgan fingerprint density at radius 3 is 2.72 bits per heavy atom. The molecule has 36 heavy (non-hydrogen) atoms. The van der Waals surface area contributed by atoms with Gasteiger partial charge in [-0.25, -0.2) is 0 Å². The maximum absolute atomic E-state index is 13.7. The van der Waals surface area contributed by atoms with Crippen molar-refractivity contribution in [3.05, 3.63) is 75.5 Å². The minimum Gasteiger partial charge on any atom is -0.381 e. The standard InChI is InChI=1S/C27H30N4O5/c1-2-3-13-36-14-7-12-29-17-24(32)30-23(27(29)33)16-21-20-10-4-5-11-22(20)28-25(21)26(30)18-8-6-9-19(15-18)31(34)35/h4-6,8-11,15,23,26,28H,2-3,7,12-14,16-17H2,1H3/t23-,26-/m1/s1. The number of benzene rings is 2. The molecule has 9 nitrogen and oxygen atoms in total. The van der Waals surface area contributed by atoms with Crippen LogP contribution < -0.4 is 0 Å². The summed E-state index contributed by atoms with van der Waals surface area (Å²) in [6.45, 7) is 3.81. The Morgan fingerprint density at radius 2 is 1.92 bits per heavy atom. The van der Waals surface area contributed by atoms with Crippen LogP contribution in [0.3, 0.4) is 0 Å². The molecular formula is C27H30N4O5. The van der Waals surface area contributed by atoms with Crippen molar-refractivity contribution in [2.45, 2.75) is 44.7 Å². The van der Waals surface area contributed by atoms with Gasteiger partial charge in [0.1, 0.15) is 6.04 Å². The molecule has 2 amide bonds. The fourth-order valence-electron chi connectivity index (χ4n) is 5.37. The van der Waals surface area contributed by atoms with Gasteiger partial charge in [-0.15, -0.1) is 0 Å². The first-order chi connectivity index (χ1) is 17.5. The van der Waals surface area contributed by atoms with Crippen LogP contribution in [0.25, 0.3) is 10.9 Å². The van der Waals surface area contributed by atoms with Gasteiger partial charge in [0.25, 0.3) is 5.69 Å². The molecule has 1 saturated heterocycles. The first kappa shape index (κ1) is 24.0. The Kier molecular flexibility index (Phi) is 6.73. The summed E-state index contributed by atoms with van der Waals surface area (Å²) in [4.78, 5) is 45.0. The van der Waals surface area contributed by atoms with E-state index >= 15 is 0 Å². The van der Waals surface area contributed by atoms with E-state index in [1.165, 1.54) is 12.1 Å². The van der Waals surface area contributed by atoms with Gasteiger partial charge in [-0.05, 0) is 30.0 Å². The topological polar surface area (TPSA) is 109 Å². The summed E-state index contributed by atoms with van der Waals surface area (Å²) in [7, 11) is 0. The quantitative estimate of drug-likeness (QED) is 0.277. The number of nitrogens with one attached hydrogen (secondary N) is 1. The lowest BCUT2D eigenvalue weighted by Gasteiger charge is -2.47. The van der Waals surface area contributed by atoms with Crippen LogP contribution in [0.4, 0.5) is 5.69 Å². The molecule has 9 heteroatoms. The van der Waals surface area contributed by atoms with E-state index in [1.54, 1.807) is 21.9 Å². The molecule has 0 spiro atoms. The van der Waals surface area contributed by atoms with Crippen molar-refractivity contribution in [2.75, 3.05) is 26.3 Å². The van der Waals surface area contributed by atoms with Gasteiger partial charge < -0.3 is 19.5 Å². The molecular weight excluding hydrogens is 460 g/mol. The maximum Gasteiger partial charge on any atom is 0.269 e. The number of non-ortho nitro benzene ring substituents is 1. The summed E-state index contributed by atoms with van der Waals surface area (Å²) in [5.41, 5.74) is 3.27. The number of nitro groups is 1. The molecule has 2 aliphatic heterocycles. The number of aromatic amines is 1. The van der Waals surface area contributed by atoms with E-state index in [9.17, 15) is 19.7 Å². The van der Waals surface area contributed by atoms with Crippen molar-refractivity contribution >= 4 is 28.4 Å². The summed E-state index contributed by atoms with van der Waals surface area (Å²) in [6.07, 6.45) is 3.14. The van der Waals surface area contributed by atoms with Gasteiger partial charge in [0, 0.05) is 54.9 Å². The van der Waals surface area contributed by atoms with E-state index in [0.717, 1.165) is 35.0 Å². The predicted octanol–water partition coefficient (Wildman–Crippen LogP) is 3.97. The number of rotatable bonds is 9. The first-order valence-electron chi connectivity index (χ1n) is 12.5. The Bertz CT molecular complexity index is 1300. The Labute approximate surface area is 209 Å². The SMILES string of the molecule is CCCCOCCCN1CC(=O)N2[C@H](c3cccc([N+](=O)[O-])c3)c3[nH]c4ccccc4c3C[C@@H]2C1=O. The molecule has 5 rings (SSSR count). The van der Waals surface area contributed by atoms with Crippen molar-refractivity contribution in [2.24, 2.45) is 0 Å². The third-order valence-electron chi connectivity index (χ3n) is 7.10. The smallest absolute Gasteiger partial charge is 0.269 e. The van der Waals surface area contributed by atoms with Crippen LogP contribution in [0.5, 0.6) is 0 Å². The van der Waals surface area contributed by atoms with E-state index in [2.05, 4.69) is 11.9 Å². The van der Waals surface area contributed by atoms with Gasteiger partial charge in [0.15, 0.2) is 0 Å². The van der Waals surface area contributed by atoms with Crippen LogP contribution in [0, 0.1) is 10.1 Å².